The molecule has 1 unspecified atom stereocenters. The summed E-state index contributed by atoms with van der Waals surface area (Å²) in [7, 11) is 0. The Labute approximate surface area is 101 Å². The smallest absolute Gasteiger partial charge is 0.270 e. The molecule has 17 heavy (non-hydrogen) atoms. The minimum Gasteiger partial charge on any atom is -0.351 e. The Morgan fingerprint density at radius 2 is 2.35 bits per heavy atom. The number of nitrogens with zero attached hydrogens (tertiary/aromatic N) is 2. The predicted molar refractivity (Wildman–Crippen MR) is 65.9 cm³/mol. The molecule has 0 aliphatic heterocycles. The minimum atomic E-state index is -0.138. The fraction of sp³-hybridized carbons (Fsp3) is 0.583. The van der Waals surface area contributed by atoms with E-state index in [0.29, 0.717) is 17.7 Å². The van der Waals surface area contributed by atoms with E-state index < -0.39 is 0 Å². The summed E-state index contributed by atoms with van der Waals surface area (Å²) in [5, 5.41) is 6.06. The molecular formula is C12H18N4O. The predicted octanol–water partition coefficient (Wildman–Crippen LogP) is 1.58. The lowest BCUT2D eigenvalue weighted by Crippen LogP contribution is -2.32. The second-order valence-electron chi connectivity index (χ2n) is 4.47. The molecule has 5 heteroatoms. The molecule has 1 heterocycles. The topological polar surface area (TPSA) is 66.9 Å². The van der Waals surface area contributed by atoms with Crippen molar-refractivity contribution < 1.29 is 4.79 Å². The third-order valence-electron chi connectivity index (χ3n) is 2.79. The summed E-state index contributed by atoms with van der Waals surface area (Å²) in [5.41, 5.74) is 0.420. The van der Waals surface area contributed by atoms with Crippen LogP contribution in [0.3, 0.4) is 0 Å². The number of anilines is 1. The van der Waals surface area contributed by atoms with Crippen LogP contribution in [0.25, 0.3) is 0 Å². The van der Waals surface area contributed by atoms with Crippen molar-refractivity contribution in [1.29, 1.82) is 0 Å². The second-order valence-corrected chi connectivity index (χ2v) is 4.47. The number of rotatable bonds is 5. The Hall–Kier alpha value is -1.65. The first-order valence-electron chi connectivity index (χ1n) is 6.09. The Morgan fingerprint density at radius 3 is 3.00 bits per heavy atom. The van der Waals surface area contributed by atoms with E-state index >= 15 is 0 Å². The van der Waals surface area contributed by atoms with Crippen LogP contribution >= 0.6 is 0 Å². The largest absolute Gasteiger partial charge is 0.351 e. The summed E-state index contributed by atoms with van der Waals surface area (Å²) in [5.74, 6) is 0.407. The molecule has 1 aromatic rings. The van der Waals surface area contributed by atoms with Gasteiger partial charge in [-0.15, -0.1) is 0 Å². The number of carbonyl (C=O) groups is 1. The van der Waals surface area contributed by atoms with Gasteiger partial charge in [-0.05, 0) is 32.3 Å². The fourth-order valence-electron chi connectivity index (χ4n) is 1.36. The van der Waals surface area contributed by atoms with Gasteiger partial charge in [-0.25, -0.2) is 9.97 Å². The van der Waals surface area contributed by atoms with Gasteiger partial charge in [0.05, 0.1) is 0 Å². The van der Waals surface area contributed by atoms with Gasteiger partial charge >= 0.3 is 0 Å². The first-order chi connectivity index (χ1) is 8.19. The van der Waals surface area contributed by atoms with Crippen molar-refractivity contribution in [3.05, 3.63) is 18.0 Å². The molecule has 1 fully saturated rings. The Kier molecular flexibility index (Phi) is 3.56. The van der Waals surface area contributed by atoms with Gasteiger partial charge in [0, 0.05) is 18.3 Å². The van der Waals surface area contributed by atoms with Gasteiger partial charge in [-0.1, -0.05) is 6.92 Å². The van der Waals surface area contributed by atoms with Crippen LogP contribution in [0.5, 0.6) is 0 Å². The summed E-state index contributed by atoms with van der Waals surface area (Å²) in [4.78, 5) is 20.1. The molecular weight excluding hydrogens is 216 g/mol. The van der Waals surface area contributed by atoms with Gasteiger partial charge in [0.2, 0.25) is 5.95 Å². The van der Waals surface area contributed by atoms with Crippen LogP contribution in [0.2, 0.25) is 0 Å². The van der Waals surface area contributed by atoms with E-state index in [1.807, 2.05) is 13.8 Å². The zero-order chi connectivity index (χ0) is 12.3. The van der Waals surface area contributed by atoms with Gasteiger partial charge in [0.1, 0.15) is 5.69 Å². The molecule has 0 spiro atoms. The molecule has 0 bridgehead atoms. The monoisotopic (exact) mass is 234 g/mol. The highest BCUT2D eigenvalue weighted by Gasteiger charge is 2.22. The molecule has 1 aliphatic rings. The molecule has 1 atom stereocenters. The fourth-order valence-corrected chi connectivity index (χ4v) is 1.36. The lowest BCUT2D eigenvalue weighted by atomic mass is 10.2. The van der Waals surface area contributed by atoms with Crippen LogP contribution in [0.15, 0.2) is 12.3 Å². The number of aromatic nitrogens is 2. The number of amides is 1. The molecule has 1 aliphatic carbocycles. The molecule has 1 saturated carbocycles. The Bertz CT molecular complexity index is 403. The van der Waals surface area contributed by atoms with Crippen molar-refractivity contribution in [1.82, 2.24) is 15.3 Å². The molecule has 0 aromatic carbocycles. The zero-order valence-electron chi connectivity index (χ0n) is 10.2. The molecule has 1 aromatic heterocycles. The van der Waals surface area contributed by atoms with E-state index in [-0.39, 0.29) is 11.9 Å². The summed E-state index contributed by atoms with van der Waals surface area (Å²) < 4.78 is 0. The lowest BCUT2D eigenvalue weighted by Gasteiger charge is -2.11. The summed E-state index contributed by atoms with van der Waals surface area (Å²) in [6.07, 6.45) is 4.84. The van der Waals surface area contributed by atoms with E-state index in [9.17, 15) is 4.79 Å². The van der Waals surface area contributed by atoms with E-state index in [1.165, 1.54) is 0 Å². The van der Waals surface area contributed by atoms with Crippen LogP contribution in [0, 0.1) is 0 Å². The maximum Gasteiger partial charge on any atom is 0.270 e. The lowest BCUT2D eigenvalue weighted by molar-refractivity contribution is 0.0934. The average Bonchev–Trinajstić information content (AvgIpc) is 3.13. The highest BCUT2D eigenvalue weighted by atomic mass is 16.1. The van der Waals surface area contributed by atoms with Crippen molar-refractivity contribution in [2.75, 3.05) is 5.32 Å². The van der Waals surface area contributed by atoms with E-state index in [0.717, 1.165) is 19.3 Å². The Balaban J connectivity index is 2.01. The van der Waals surface area contributed by atoms with Crippen LogP contribution in [0.1, 0.15) is 43.6 Å². The molecule has 5 nitrogen and oxygen atoms in total. The van der Waals surface area contributed by atoms with Gasteiger partial charge in [-0.2, -0.15) is 0 Å². The Morgan fingerprint density at radius 1 is 1.59 bits per heavy atom. The van der Waals surface area contributed by atoms with Crippen molar-refractivity contribution in [3.63, 3.8) is 0 Å². The molecule has 2 N–H and O–H groups in total. The third kappa shape index (κ3) is 3.41. The van der Waals surface area contributed by atoms with Gasteiger partial charge in [-0.3, -0.25) is 4.79 Å². The average molecular weight is 234 g/mol. The van der Waals surface area contributed by atoms with Gasteiger partial charge in [0.15, 0.2) is 0 Å². The van der Waals surface area contributed by atoms with Gasteiger partial charge in [0.25, 0.3) is 5.91 Å². The third-order valence-corrected chi connectivity index (χ3v) is 2.79. The highest BCUT2D eigenvalue weighted by molar-refractivity contribution is 5.92. The summed E-state index contributed by atoms with van der Waals surface area (Å²) >= 11 is 0. The normalized spacial score (nSPS) is 16.4. The standard InChI is InChI=1S/C12H18N4O/c1-3-8(2)14-11(17)10-6-7-13-12(16-10)15-9-4-5-9/h6-9H,3-5H2,1-2H3,(H,14,17)(H,13,15,16). The molecule has 2 rings (SSSR count). The van der Waals surface area contributed by atoms with Crippen molar-refractivity contribution >= 4 is 11.9 Å². The van der Waals surface area contributed by atoms with Crippen LogP contribution in [0.4, 0.5) is 5.95 Å². The van der Waals surface area contributed by atoms with E-state index in [2.05, 4.69) is 20.6 Å². The van der Waals surface area contributed by atoms with Crippen molar-refractivity contribution in [2.24, 2.45) is 0 Å². The maximum atomic E-state index is 11.8. The van der Waals surface area contributed by atoms with Crippen LogP contribution in [-0.4, -0.2) is 28.0 Å². The second kappa shape index (κ2) is 5.12. The van der Waals surface area contributed by atoms with Crippen LogP contribution < -0.4 is 10.6 Å². The van der Waals surface area contributed by atoms with Gasteiger partial charge < -0.3 is 10.6 Å². The number of hydrogen-bond acceptors (Lipinski definition) is 4. The summed E-state index contributed by atoms with van der Waals surface area (Å²) in [6, 6.07) is 2.29. The highest BCUT2D eigenvalue weighted by Crippen LogP contribution is 2.22. The first kappa shape index (κ1) is 11.8. The quantitative estimate of drug-likeness (QED) is 0.811. The van der Waals surface area contributed by atoms with E-state index in [4.69, 9.17) is 0 Å². The summed E-state index contributed by atoms with van der Waals surface area (Å²) in [6.45, 7) is 4.01. The molecule has 1 amide bonds. The molecule has 92 valence electrons. The minimum absolute atomic E-state index is 0.138. The number of nitrogens with one attached hydrogen (secondary N) is 2. The first-order valence-corrected chi connectivity index (χ1v) is 6.09. The number of hydrogen-bond donors (Lipinski definition) is 2. The van der Waals surface area contributed by atoms with E-state index in [1.54, 1.807) is 12.3 Å². The molecule has 0 saturated heterocycles. The van der Waals surface area contributed by atoms with Crippen molar-refractivity contribution in [2.45, 2.75) is 45.2 Å². The SMILES string of the molecule is CCC(C)NC(=O)c1ccnc(NC2CC2)n1. The molecule has 0 radical (unpaired) electrons. The van der Waals surface area contributed by atoms with Crippen molar-refractivity contribution in [3.8, 4) is 0 Å². The maximum absolute atomic E-state index is 11.8. The zero-order valence-corrected chi connectivity index (χ0v) is 10.2. The number of carbonyl (C=O) groups excluding carboxylic acids is 1. The van der Waals surface area contributed by atoms with Crippen LogP contribution in [-0.2, 0) is 0 Å².